The standard InChI is InChI=1S/C15H25NO2/c1-6-16-12(4)14-8-7-13(17-5)9-15(14)18-10-11(2)3/h7-9,11-12,16H,6,10H2,1-5H3. The number of nitrogens with one attached hydrogen (secondary N) is 1. The molecule has 1 unspecified atom stereocenters. The van der Waals surface area contributed by atoms with Crippen molar-refractivity contribution in [3.8, 4) is 11.5 Å². The van der Waals surface area contributed by atoms with Crippen LogP contribution in [-0.4, -0.2) is 20.3 Å². The van der Waals surface area contributed by atoms with E-state index in [9.17, 15) is 0 Å². The topological polar surface area (TPSA) is 30.5 Å². The minimum Gasteiger partial charge on any atom is -0.497 e. The van der Waals surface area contributed by atoms with Crippen molar-refractivity contribution >= 4 is 0 Å². The van der Waals surface area contributed by atoms with Crippen LogP contribution in [0.25, 0.3) is 0 Å². The highest BCUT2D eigenvalue weighted by Crippen LogP contribution is 2.29. The highest BCUT2D eigenvalue weighted by atomic mass is 16.5. The number of ether oxygens (including phenoxy) is 2. The zero-order valence-corrected chi connectivity index (χ0v) is 12.1. The van der Waals surface area contributed by atoms with Crippen molar-refractivity contribution in [1.82, 2.24) is 5.32 Å². The molecule has 0 aliphatic rings. The van der Waals surface area contributed by atoms with Crippen molar-refractivity contribution in [2.75, 3.05) is 20.3 Å². The molecule has 1 N–H and O–H groups in total. The monoisotopic (exact) mass is 251 g/mol. The summed E-state index contributed by atoms with van der Waals surface area (Å²) in [6.45, 7) is 10.2. The largest absolute Gasteiger partial charge is 0.497 e. The molecule has 0 aliphatic carbocycles. The second-order valence-electron chi connectivity index (χ2n) is 4.89. The molecule has 3 nitrogen and oxygen atoms in total. The quantitative estimate of drug-likeness (QED) is 0.805. The molecule has 102 valence electrons. The summed E-state index contributed by atoms with van der Waals surface area (Å²) < 4.78 is 11.1. The van der Waals surface area contributed by atoms with Crippen LogP contribution in [0.4, 0.5) is 0 Å². The molecule has 3 heteroatoms. The van der Waals surface area contributed by atoms with Crippen molar-refractivity contribution in [2.24, 2.45) is 5.92 Å². The van der Waals surface area contributed by atoms with Gasteiger partial charge in [-0.2, -0.15) is 0 Å². The van der Waals surface area contributed by atoms with Crippen LogP contribution in [0, 0.1) is 5.92 Å². The molecule has 0 bridgehead atoms. The van der Waals surface area contributed by atoms with E-state index in [0.29, 0.717) is 5.92 Å². The predicted molar refractivity (Wildman–Crippen MR) is 75.4 cm³/mol. The molecular weight excluding hydrogens is 226 g/mol. The Labute approximate surface area is 110 Å². The van der Waals surface area contributed by atoms with Gasteiger partial charge >= 0.3 is 0 Å². The normalized spacial score (nSPS) is 12.6. The minimum absolute atomic E-state index is 0.281. The van der Waals surface area contributed by atoms with E-state index in [0.717, 1.165) is 24.7 Å². The fraction of sp³-hybridized carbons (Fsp3) is 0.600. The molecule has 1 rings (SSSR count). The van der Waals surface area contributed by atoms with Gasteiger partial charge in [-0.05, 0) is 25.5 Å². The summed E-state index contributed by atoms with van der Waals surface area (Å²) in [6.07, 6.45) is 0. The summed E-state index contributed by atoms with van der Waals surface area (Å²) in [7, 11) is 1.68. The van der Waals surface area contributed by atoms with Crippen LogP contribution in [0.15, 0.2) is 18.2 Å². The molecule has 0 amide bonds. The van der Waals surface area contributed by atoms with Gasteiger partial charge in [0.25, 0.3) is 0 Å². The molecule has 0 aliphatic heterocycles. The lowest BCUT2D eigenvalue weighted by Gasteiger charge is -2.19. The lowest BCUT2D eigenvalue weighted by atomic mass is 10.1. The number of benzene rings is 1. The van der Waals surface area contributed by atoms with Crippen molar-refractivity contribution in [1.29, 1.82) is 0 Å². The fourth-order valence-corrected chi connectivity index (χ4v) is 1.80. The van der Waals surface area contributed by atoms with Crippen LogP contribution in [-0.2, 0) is 0 Å². The van der Waals surface area contributed by atoms with Crippen LogP contribution in [0.2, 0.25) is 0 Å². The van der Waals surface area contributed by atoms with Crippen molar-refractivity contribution < 1.29 is 9.47 Å². The highest BCUT2D eigenvalue weighted by Gasteiger charge is 2.12. The van der Waals surface area contributed by atoms with E-state index >= 15 is 0 Å². The van der Waals surface area contributed by atoms with Gasteiger partial charge in [-0.15, -0.1) is 0 Å². The molecular formula is C15H25NO2. The molecule has 1 atom stereocenters. The Hall–Kier alpha value is -1.22. The van der Waals surface area contributed by atoms with E-state index in [4.69, 9.17) is 9.47 Å². The second-order valence-corrected chi connectivity index (χ2v) is 4.89. The first-order valence-corrected chi connectivity index (χ1v) is 6.62. The highest BCUT2D eigenvalue weighted by molar-refractivity contribution is 5.42. The second kappa shape index (κ2) is 7.27. The lowest BCUT2D eigenvalue weighted by molar-refractivity contribution is 0.265. The van der Waals surface area contributed by atoms with E-state index in [1.54, 1.807) is 7.11 Å². The van der Waals surface area contributed by atoms with Crippen LogP contribution < -0.4 is 14.8 Å². The fourth-order valence-electron chi connectivity index (χ4n) is 1.80. The van der Waals surface area contributed by atoms with Crippen LogP contribution in [0.3, 0.4) is 0 Å². The minimum atomic E-state index is 0.281. The molecule has 0 saturated carbocycles. The smallest absolute Gasteiger partial charge is 0.127 e. The van der Waals surface area contributed by atoms with Crippen LogP contribution in [0.5, 0.6) is 11.5 Å². The van der Waals surface area contributed by atoms with Gasteiger partial charge in [0.2, 0.25) is 0 Å². The Morgan fingerprint density at radius 3 is 2.50 bits per heavy atom. The van der Waals surface area contributed by atoms with E-state index in [-0.39, 0.29) is 6.04 Å². The summed E-state index contributed by atoms with van der Waals surface area (Å²) in [4.78, 5) is 0. The summed E-state index contributed by atoms with van der Waals surface area (Å²) >= 11 is 0. The Morgan fingerprint density at radius 2 is 1.94 bits per heavy atom. The van der Waals surface area contributed by atoms with Gasteiger partial charge in [-0.3, -0.25) is 0 Å². The maximum atomic E-state index is 5.89. The van der Waals surface area contributed by atoms with E-state index in [1.807, 2.05) is 12.1 Å². The summed E-state index contributed by atoms with van der Waals surface area (Å²) in [5.74, 6) is 2.26. The molecule has 0 aromatic heterocycles. The van der Waals surface area contributed by atoms with Gasteiger partial charge in [-0.1, -0.05) is 26.8 Å². The summed E-state index contributed by atoms with van der Waals surface area (Å²) in [6, 6.07) is 6.29. The molecule has 1 aromatic carbocycles. The maximum absolute atomic E-state index is 5.89. The van der Waals surface area contributed by atoms with Crippen molar-refractivity contribution in [3.63, 3.8) is 0 Å². The van der Waals surface area contributed by atoms with Crippen LogP contribution >= 0.6 is 0 Å². The third kappa shape index (κ3) is 4.22. The van der Waals surface area contributed by atoms with E-state index < -0.39 is 0 Å². The zero-order valence-electron chi connectivity index (χ0n) is 12.1. The first-order chi connectivity index (χ1) is 8.58. The van der Waals surface area contributed by atoms with Gasteiger partial charge in [-0.25, -0.2) is 0 Å². The van der Waals surface area contributed by atoms with Gasteiger partial charge < -0.3 is 14.8 Å². The average Bonchev–Trinajstić information content (AvgIpc) is 2.36. The molecule has 0 saturated heterocycles. The molecule has 0 radical (unpaired) electrons. The van der Waals surface area contributed by atoms with E-state index in [1.165, 1.54) is 5.56 Å². The third-order valence-electron chi connectivity index (χ3n) is 2.77. The molecule has 0 fully saturated rings. The molecule has 0 spiro atoms. The van der Waals surface area contributed by atoms with E-state index in [2.05, 4.69) is 39.1 Å². The third-order valence-corrected chi connectivity index (χ3v) is 2.77. The molecule has 0 heterocycles. The van der Waals surface area contributed by atoms with Crippen LogP contribution in [0.1, 0.15) is 39.3 Å². The van der Waals surface area contributed by atoms with Gasteiger partial charge in [0, 0.05) is 17.7 Å². The lowest BCUT2D eigenvalue weighted by Crippen LogP contribution is -2.19. The Bertz CT molecular complexity index is 364. The number of hydrogen-bond acceptors (Lipinski definition) is 3. The number of rotatable bonds is 7. The average molecular weight is 251 g/mol. The predicted octanol–water partition coefficient (Wildman–Crippen LogP) is 3.40. The number of hydrogen-bond donors (Lipinski definition) is 1. The SMILES string of the molecule is CCNC(C)c1ccc(OC)cc1OCC(C)C. The Balaban J connectivity index is 2.92. The summed E-state index contributed by atoms with van der Waals surface area (Å²) in [5.41, 5.74) is 1.18. The zero-order chi connectivity index (χ0) is 13.5. The number of methoxy groups -OCH3 is 1. The van der Waals surface area contributed by atoms with Gasteiger partial charge in [0.1, 0.15) is 11.5 Å². The molecule has 18 heavy (non-hydrogen) atoms. The maximum Gasteiger partial charge on any atom is 0.127 e. The van der Waals surface area contributed by atoms with Crippen molar-refractivity contribution in [3.05, 3.63) is 23.8 Å². The van der Waals surface area contributed by atoms with Gasteiger partial charge in [0.15, 0.2) is 0 Å². The Morgan fingerprint density at radius 1 is 1.22 bits per heavy atom. The first-order valence-electron chi connectivity index (χ1n) is 6.62. The van der Waals surface area contributed by atoms with Gasteiger partial charge in [0.05, 0.1) is 13.7 Å². The van der Waals surface area contributed by atoms with Crippen molar-refractivity contribution in [2.45, 2.75) is 33.7 Å². The summed E-state index contributed by atoms with van der Waals surface area (Å²) in [5, 5.41) is 3.41. The molecule has 1 aromatic rings. The first kappa shape index (κ1) is 14.8. The Kier molecular flexibility index (Phi) is 5.99.